The molecule has 0 amide bonds. The van der Waals surface area contributed by atoms with E-state index in [0.29, 0.717) is 21.2 Å². The summed E-state index contributed by atoms with van der Waals surface area (Å²) in [5.74, 6) is 0. The SMILES string of the molecule is Cc1ccc(S(=O)(=O)N2c3ccccc3[S]([O-])c3ccccc32)cc1. The van der Waals surface area contributed by atoms with E-state index in [1.165, 1.54) is 4.31 Å². The van der Waals surface area contributed by atoms with Crippen LogP contribution in [0.1, 0.15) is 5.56 Å². The lowest BCUT2D eigenvalue weighted by Gasteiger charge is -2.40. The molecule has 0 saturated carbocycles. The van der Waals surface area contributed by atoms with Gasteiger partial charge in [0.1, 0.15) is 0 Å². The first-order valence-corrected chi connectivity index (χ1v) is 10.3. The predicted octanol–water partition coefficient (Wildman–Crippen LogP) is 4.65. The van der Waals surface area contributed by atoms with Crippen LogP contribution in [-0.2, 0) is 10.0 Å². The monoisotopic (exact) mass is 369 g/mol. The van der Waals surface area contributed by atoms with Crippen LogP contribution in [0.15, 0.2) is 87.5 Å². The van der Waals surface area contributed by atoms with Gasteiger partial charge in [0.15, 0.2) is 0 Å². The molecule has 0 N–H and O–H groups in total. The van der Waals surface area contributed by atoms with Crippen LogP contribution >= 0.6 is 11.2 Å². The Kier molecular flexibility index (Phi) is 3.83. The summed E-state index contributed by atoms with van der Waals surface area (Å²) in [6, 6.07) is 20.6. The molecule has 1 heterocycles. The molecular formula is C19H15NO3S2-. The van der Waals surface area contributed by atoms with Crippen LogP contribution in [-0.4, -0.2) is 13.0 Å². The van der Waals surface area contributed by atoms with Crippen molar-refractivity contribution in [1.29, 1.82) is 0 Å². The summed E-state index contributed by atoms with van der Waals surface area (Å²) in [5.41, 5.74) is 1.85. The molecule has 0 fully saturated rings. The molecule has 0 atom stereocenters. The number of fused-ring (bicyclic) bond motifs is 2. The lowest BCUT2D eigenvalue weighted by molar-refractivity contribution is 0.592. The van der Waals surface area contributed by atoms with Gasteiger partial charge in [-0.3, -0.25) is 0 Å². The Morgan fingerprint density at radius 1 is 0.800 bits per heavy atom. The maximum atomic E-state index is 13.4. The summed E-state index contributed by atoms with van der Waals surface area (Å²) in [5, 5.41) is 0. The summed E-state index contributed by atoms with van der Waals surface area (Å²) < 4.78 is 40.9. The van der Waals surface area contributed by atoms with E-state index in [1.54, 1.807) is 72.8 Å². The second-order valence-corrected chi connectivity index (χ2v) is 8.99. The summed E-state index contributed by atoms with van der Waals surface area (Å²) in [4.78, 5) is 1.20. The molecule has 0 aromatic heterocycles. The van der Waals surface area contributed by atoms with Crippen molar-refractivity contribution in [1.82, 2.24) is 0 Å². The van der Waals surface area contributed by atoms with E-state index in [2.05, 4.69) is 0 Å². The average Bonchev–Trinajstić information content (AvgIpc) is 2.62. The molecule has 1 aliphatic heterocycles. The molecule has 6 heteroatoms. The van der Waals surface area contributed by atoms with Crippen molar-refractivity contribution in [3.63, 3.8) is 0 Å². The molecule has 3 aromatic rings. The van der Waals surface area contributed by atoms with Crippen LogP contribution in [0.4, 0.5) is 11.4 Å². The molecule has 4 rings (SSSR count). The topological polar surface area (TPSA) is 60.4 Å². The first kappa shape index (κ1) is 16.2. The Balaban J connectivity index is 1.99. The number of anilines is 2. The van der Waals surface area contributed by atoms with E-state index >= 15 is 0 Å². The van der Waals surface area contributed by atoms with Gasteiger partial charge in [0.05, 0.1) is 16.3 Å². The predicted molar refractivity (Wildman–Crippen MR) is 98.3 cm³/mol. The van der Waals surface area contributed by atoms with E-state index in [9.17, 15) is 13.0 Å². The van der Waals surface area contributed by atoms with Crippen molar-refractivity contribution in [2.45, 2.75) is 21.6 Å². The number of hydrogen-bond acceptors (Lipinski definition) is 3. The quantitative estimate of drug-likeness (QED) is 0.660. The van der Waals surface area contributed by atoms with Gasteiger partial charge in [-0.25, -0.2) is 23.9 Å². The van der Waals surface area contributed by atoms with Gasteiger partial charge >= 0.3 is 0 Å². The minimum atomic E-state index is -3.83. The molecule has 0 bridgehead atoms. The number of aryl methyl sites for hydroxylation is 1. The zero-order chi connectivity index (χ0) is 17.6. The zero-order valence-corrected chi connectivity index (χ0v) is 15.0. The molecule has 0 aliphatic carbocycles. The third-order valence-corrected chi connectivity index (χ3v) is 7.36. The molecule has 0 spiro atoms. The maximum Gasteiger partial charge on any atom is 0.268 e. The number of rotatable bonds is 2. The fourth-order valence-electron chi connectivity index (χ4n) is 2.89. The zero-order valence-electron chi connectivity index (χ0n) is 13.4. The van der Waals surface area contributed by atoms with E-state index < -0.39 is 21.2 Å². The molecule has 0 unspecified atom stereocenters. The van der Waals surface area contributed by atoms with E-state index in [-0.39, 0.29) is 4.90 Å². The Morgan fingerprint density at radius 3 is 1.80 bits per heavy atom. The van der Waals surface area contributed by atoms with Crippen LogP contribution < -0.4 is 4.31 Å². The molecule has 4 nitrogen and oxygen atoms in total. The fraction of sp³-hybridized carbons (Fsp3) is 0.0526. The first-order valence-electron chi connectivity index (χ1n) is 7.72. The van der Waals surface area contributed by atoms with Crippen LogP contribution in [0.3, 0.4) is 0 Å². The number of nitrogens with zero attached hydrogens (tertiary/aromatic N) is 1. The molecule has 127 valence electrons. The molecule has 1 aliphatic rings. The first-order chi connectivity index (χ1) is 12.0. The number of hydrogen-bond donors (Lipinski definition) is 0. The molecule has 25 heavy (non-hydrogen) atoms. The van der Waals surface area contributed by atoms with Gasteiger partial charge in [-0.1, -0.05) is 42.0 Å². The van der Waals surface area contributed by atoms with Crippen LogP contribution in [0.5, 0.6) is 0 Å². The van der Waals surface area contributed by atoms with E-state index in [0.717, 1.165) is 5.56 Å². The summed E-state index contributed by atoms with van der Waals surface area (Å²) in [6.07, 6.45) is 0. The Hall–Kier alpha value is -2.28. The Morgan fingerprint density at radius 2 is 1.28 bits per heavy atom. The largest absolute Gasteiger partial charge is 0.798 e. The second-order valence-electron chi connectivity index (χ2n) is 5.79. The van der Waals surface area contributed by atoms with Crippen molar-refractivity contribution < 1.29 is 13.0 Å². The summed E-state index contributed by atoms with van der Waals surface area (Å²) in [6.45, 7) is 1.91. The molecule has 0 saturated heterocycles. The highest BCUT2D eigenvalue weighted by Gasteiger charge is 2.33. The van der Waals surface area contributed by atoms with Crippen molar-refractivity contribution in [3.05, 3.63) is 78.4 Å². The lowest BCUT2D eigenvalue weighted by atomic mass is 10.2. The smallest absolute Gasteiger partial charge is 0.268 e. The summed E-state index contributed by atoms with van der Waals surface area (Å²) >= 11 is -1.41. The third-order valence-electron chi connectivity index (χ3n) is 4.13. The molecular weight excluding hydrogens is 354 g/mol. The fourth-order valence-corrected chi connectivity index (χ4v) is 5.87. The minimum Gasteiger partial charge on any atom is -0.798 e. The van der Waals surface area contributed by atoms with E-state index in [1.807, 2.05) is 6.92 Å². The van der Waals surface area contributed by atoms with Crippen LogP contribution in [0, 0.1) is 6.92 Å². The van der Waals surface area contributed by atoms with Gasteiger partial charge in [0.2, 0.25) is 0 Å². The van der Waals surface area contributed by atoms with Gasteiger partial charge < -0.3 is 4.55 Å². The van der Waals surface area contributed by atoms with E-state index in [4.69, 9.17) is 0 Å². The third kappa shape index (κ3) is 2.54. The van der Waals surface area contributed by atoms with Crippen LogP contribution in [0.25, 0.3) is 0 Å². The van der Waals surface area contributed by atoms with Crippen molar-refractivity contribution >= 4 is 32.6 Å². The summed E-state index contributed by atoms with van der Waals surface area (Å²) in [7, 11) is -3.83. The normalized spacial score (nSPS) is 14.1. The number of para-hydroxylation sites is 2. The van der Waals surface area contributed by atoms with Crippen molar-refractivity contribution in [3.8, 4) is 0 Å². The average molecular weight is 369 g/mol. The van der Waals surface area contributed by atoms with Gasteiger partial charge in [0, 0.05) is 9.79 Å². The van der Waals surface area contributed by atoms with Crippen molar-refractivity contribution in [2.75, 3.05) is 4.31 Å². The minimum absolute atomic E-state index is 0.204. The Bertz CT molecular complexity index is 999. The molecule has 3 aromatic carbocycles. The molecule has 1 radical (unpaired) electrons. The second kappa shape index (κ2) is 5.91. The number of sulfonamides is 1. The number of benzene rings is 3. The highest BCUT2D eigenvalue weighted by molar-refractivity contribution is 8.12. The maximum absolute atomic E-state index is 13.4. The van der Waals surface area contributed by atoms with Gasteiger partial charge in [0.25, 0.3) is 10.0 Å². The van der Waals surface area contributed by atoms with Gasteiger partial charge in [-0.05, 0) is 43.3 Å². The Labute approximate surface area is 150 Å². The standard InChI is InChI=1S/C19H15NO3S2/c1-14-10-12-15(13-11-14)25(22,23)20-16-6-2-4-8-18(16)24(21)19-9-5-3-7-17(19)20/h2-13H,1H3/q-1. The van der Waals surface area contributed by atoms with Crippen LogP contribution in [0.2, 0.25) is 0 Å². The van der Waals surface area contributed by atoms with Gasteiger partial charge in [-0.15, -0.1) is 0 Å². The van der Waals surface area contributed by atoms with Gasteiger partial charge in [-0.2, -0.15) is 0 Å². The lowest BCUT2D eigenvalue weighted by Crippen LogP contribution is -2.29. The van der Waals surface area contributed by atoms with Crippen molar-refractivity contribution in [2.24, 2.45) is 0 Å². The highest BCUT2D eigenvalue weighted by atomic mass is 32.2. The highest BCUT2D eigenvalue weighted by Crippen LogP contribution is 2.56.